The number of aliphatic imine (C=N–C) groups is 1. The van der Waals surface area contributed by atoms with E-state index in [1.54, 1.807) is 0 Å². The topological polar surface area (TPSA) is 78.4 Å². The Hall–Kier alpha value is -1.84. The Morgan fingerprint density at radius 2 is 2.04 bits per heavy atom. The molecule has 1 heterocycles. The fraction of sp³-hybridized carbons (Fsp3) is 0.643. The van der Waals surface area contributed by atoms with Gasteiger partial charge in [0.2, 0.25) is 5.91 Å². The monoisotopic (exact) mass is 363 g/mol. The third-order valence-corrected chi connectivity index (χ3v) is 4.06. The van der Waals surface area contributed by atoms with Gasteiger partial charge >= 0.3 is 6.18 Å². The van der Waals surface area contributed by atoms with E-state index in [1.165, 1.54) is 0 Å². The molecule has 10 heteroatoms. The zero-order valence-corrected chi connectivity index (χ0v) is 14.1. The maximum atomic E-state index is 12.5. The normalized spacial score (nSPS) is 15.2. The Balaban J connectivity index is 1.78. The number of carbonyl (C=O) groups excluding carboxylic acids is 1. The maximum absolute atomic E-state index is 12.5. The van der Waals surface area contributed by atoms with Gasteiger partial charge in [0.15, 0.2) is 11.7 Å². The minimum Gasteiger partial charge on any atom is -0.357 e. The predicted molar refractivity (Wildman–Crippen MR) is 85.7 cm³/mol. The quantitative estimate of drug-likeness (QED) is 0.392. The smallest absolute Gasteiger partial charge is 0.357 e. The molecule has 1 aliphatic rings. The number of hydrogen-bond acceptors (Lipinski definition) is 4. The van der Waals surface area contributed by atoms with Gasteiger partial charge < -0.3 is 16.0 Å². The van der Waals surface area contributed by atoms with Crippen molar-refractivity contribution in [3.05, 3.63) is 16.1 Å². The lowest BCUT2D eigenvalue weighted by Gasteiger charge is -2.11. The second-order valence-electron chi connectivity index (χ2n) is 5.31. The molecule has 24 heavy (non-hydrogen) atoms. The highest BCUT2D eigenvalue weighted by atomic mass is 32.1. The molecule has 0 aliphatic heterocycles. The third-order valence-electron chi connectivity index (χ3n) is 3.22. The van der Waals surface area contributed by atoms with Crippen LogP contribution in [0.3, 0.4) is 0 Å². The largest absolute Gasteiger partial charge is 0.434 e. The van der Waals surface area contributed by atoms with Crippen LogP contribution in [0.25, 0.3) is 0 Å². The van der Waals surface area contributed by atoms with Crippen molar-refractivity contribution in [2.24, 2.45) is 10.9 Å². The van der Waals surface area contributed by atoms with Crippen LogP contribution in [0.1, 0.15) is 30.5 Å². The molecule has 1 aliphatic carbocycles. The molecule has 0 aromatic carbocycles. The number of amides is 1. The van der Waals surface area contributed by atoms with Gasteiger partial charge in [-0.25, -0.2) is 9.98 Å². The molecule has 2 rings (SSSR count). The summed E-state index contributed by atoms with van der Waals surface area (Å²) < 4.78 is 37.5. The molecule has 0 unspecified atom stereocenters. The molecule has 0 saturated heterocycles. The molecule has 1 fully saturated rings. The fourth-order valence-corrected chi connectivity index (χ4v) is 2.58. The van der Waals surface area contributed by atoms with Gasteiger partial charge in [0.1, 0.15) is 5.01 Å². The minimum atomic E-state index is -4.43. The van der Waals surface area contributed by atoms with Gasteiger partial charge in [0.25, 0.3) is 0 Å². The summed E-state index contributed by atoms with van der Waals surface area (Å²) in [6.45, 7) is 3.51. The van der Waals surface area contributed by atoms with Crippen molar-refractivity contribution < 1.29 is 18.0 Å². The number of thiazole rings is 1. The molecule has 0 radical (unpaired) electrons. The van der Waals surface area contributed by atoms with E-state index < -0.39 is 11.9 Å². The van der Waals surface area contributed by atoms with Crippen LogP contribution in [0, 0.1) is 5.92 Å². The zero-order valence-electron chi connectivity index (χ0n) is 13.2. The Bertz CT molecular complexity index is 583. The lowest BCUT2D eigenvalue weighted by molar-refractivity contribution is -0.140. The number of nitrogens with one attached hydrogen (secondary N) is 3. The summed E-state index contributed by atoms with van der Waals surface area (Å²) in [5.74, 6) is 0.711. The Kier molecular flexibility index (Phi) is 6.41. The van der Waals surface area contributed by atoms with E-state index in [4.69, 9.17) is 0 Å². The highest BCUT2D eigenvalue weighted by Crippen LogP contribution is 2.30. The Morgan fingerprint density at radius 1 is 1.33 bits per heavy atom. The van der Waals surface area contributed by atoms with Gasteiger partial charge in [-0.1, -0.05) is 0 Å². The molecule has 6 nitrogen and oxygen atoms in total. The van der Waals surface area contributed by atoms with Crippen molar-refractivity contribution in [1.29, 1.82) is 0 Å². The summed E-state index contributed by atoms with van der Waals surface area (Å²) in [4.78, 5) is 19.2. The molecule has 0 bridgehead atoms. The highest BCUT2D eigenvalue weighted by molar-refractivity contribution is 7.09. The summed E-state index contributed by atoms with van der Waals surface area (Å²) in [6, 6.07) is 0. The second kappa shape index (κ2) is 8.32. The van der Waals surface area contributed by atoms with Crippen LogP contribution in [0.2, 0.25) is 0 Å². The van der Waals surface area contributed by atoms with E-state index in [2.05, 4.69) is 25.9 Å². The maximum Gasteiger partial charge on any atom is 0.434 e. The van der Waals surface area contributed by atoms with E-state index in [9.17, 15) is 18.0 Å². The summed E-state index contributed by atoms with van der Waals surface area (Å²) in [7, 11) is 0. The molecular formula is C14H20F3N5OS. The first kappa shape index (κ1) is 18.5. The van der Waals surface area contributed by atoms with Gasteiger partial charge in [0, 0.05) is 30.9 Å². The predicted octanol–water partition coefficient (Wildman–Crippen LogP) is 1.74. The lowest BCUT2D eigenvalue weighted by Crippen LogP contribution is -2.41. The number of carbonyl (C=O) groups is 1. The van der Waals surface area contributed by atoms with E-state index >= 15 is 0 Å². The first-order valence-electron chi connectivity index (χ1n) is 7.71. The SMILES string of the molecule is CCNC(=NCc1nc(C(F)(F)F)cs1)NCCNC(=O)C1CC1. The van der Waals surface area contributed by atoms with Crippen molar-refractivity contribution in [3.8, 4) is 0 Å². The van der Waals surface area contributed by atoms with Gasteiger partial charge in [-0.2, -0.15) is 13.2 Å². The summed E-state index contributed by atoms with van der Waals surface area (Å²) >= 11 is 0.928. The van der Waals surface area contributed by atoms with E-state index in [-0.39, 0.29) is 18.4 Å². The van der Waals surface area contributed by atoms with Crippen molar-refractivity contribution in [1.82, 2.24) is 20.9 Å². The van der Waals surface area contributed by atoms with Crippen molar-refractivity contribution >= 4 is 23.2 Å². The van der Waals surface area contributed by atoms with E-state index in [0.29, 0.717) is 30.6 Å². The number of aromatic nitrogens is 1. The molecule has 134 valence electrons. The average molecular weight is 363 g/mol. The standard InChI is InChI=1S/C14H20F3N5OS/c1-2-18-13(20-6-5-19-12(23)9-3-4-9)21-7-11-22-10(8-24-11)14(15,16)17/h8-9H,2-7H2,1H3,(H,19,23)(H2,18,20,21). The number of halogens is 3. The molecule has 3 N–H and O–H groups in total. The molecule has 0 spiro atoms. The molecule has 1 amide bonds. The van der Waals surface area contributed by atoms with Gasteiger partial charge in [-0.15, -0.1) is 11.3 Å². The molecule has 1 aromatic rings. The number of rotatable bonds is 7. The number of hydrogen-bond donors (Lipinski definition) is 3. The van der Waals surface area contributed by atoms with Gasteiger partial charge in [-0.05, 0) is 19.8 Å². The second-order valence-corrected chi connectivity index (χ2v) is 6.25. The number of nitrogens with zero attached hydrogens (tertiary/aromatic N) is 2. The highest BCUT2D eigenvalue weighted by Gasteiger charge is 2.33. The first-order valence-corrected chi connectivity index (χ1v) is 8.59. The number of alkyl halides is 3. The fourth-order valence-electron chi connectivity index (χ4n) is 1.86. The van der Waals surface area contributed by atoms with E-state index in [0.717, 1.165) is 29.6 Å². The van der Waals surface area contributed by atoms with Crippen LogP contribution >= 0.6 is 11.3 Å². The Morgan fingerprint density at radius 3 is 2.62 bits per heavy atom. The van der Waals surface area contributed by atoms with Crippen molar-refractivity contribution in [3.63, 3.8) is 0 Å². The average Bonchev–Trinajstić information content (AvgIpc) is 3.25. The van der Waals surface area contributed by atoms with Crippen LogP contribution in [-0.2, 0) is 17.5 Å². The van der Waals surface area contributed by atoms with Crippen LogP contribution in [0.15, 0.2) is 10.4 Å². The van der Waals surface area contributed by atoms with Crippen molar-refractivity contribution in [2.75, 3.05) is 19.6 Å². The first-order chi connectivity index (χ1) is 11.4. The van der Waals surface area contributed by atoms with Crippen LogP contribution in [-0.4, -0.2) is 36.5 Å². The molecule has 1 aromatic heterocycles. The number of guanidine groups is 1. The lowest BCUT2D eigenvalue weighted by atomic mass is 10.4. The van der Waals surface area contributed by atoms with Gasteiger partial charge in [0.05, 0.1) is 6.54 Å². The molecule has 1 saturated carbocycles. The summed E-state index contributed by atoms with van der Waals surface area (Å²) in [5.41, 5.74) is -0.890. The molecular weight excluding hydrogens is 343 g/mol. The van der Waals surface area contributed by atoms with Crippen LogP contribution in [0.4, 0.5) is 13.2 Å². The van der Waals surface area contributed by atoms with Crippen LogP contribution < -0.4 is 16.0 Å². The molecule has 0 atom stereocenters. The van der Waals surface area contributed by atoms with Gasteiger partial charge in [-0.3, -0.25) is 4.79 Å². The van der Waals surface area contributed by atoms with Crippen LogP contribution in [0.5, 0.6) is 0 Å². The third kappa shape index (κ3) is 5.99. The van der Waals surface area contributed by atoms with Crippen molar-refractivity contribution in [2.45, 2.75) is 32.5 Å². The summed E-state index contributed by atoms with van der Waals surface area (Å²) in [5, 5.41) is 10.1. The summed E-state index contributed by atoms with van der Waals surface area (Å²) in [6.07, 6.45) is -2.52. The Labute approximate surface area is 142 Å². The van der Waals surface area contributed by atoms with E-state index in [1.807, 2.05) is 6.92 Å². The minimum absolute atomic E-state index is 0.0600. The zero-order chi connectivity index (χ0) is 17.6.